The van der Waals surface area contributed by atoms with Crippen LogP contribution in [0.25, 0.3) is 5.69 Å². The highest BCUT2D eigenvalue weighted by molar-refractivity contribution is 7.98. The molecule has 0 radical (unpaired) electrons. The maximum atomic E-state index is 13.2. The van der Waals surface area contributed by atoms with E-state index in [9.17, 15) is 4.79 Å². The number of carbonyl (C=O) groups is 1. The Labute approximate surface area is 183 Å². The molecule has 0 aliphatic rings. The van der Waals surface area contributed by atoms with E-state index >= 15 is 0 Å². The van der Waals surface area contributed by atoms with E-state index in [1.807, 2.05) is 59.5 Å². The van der Waals surface area contributed by atoms with Crippen LogP contribution >= 0.6 is 11.8 Å². The van der Waals surface area contributed by atoms with Crippen LogP contribution in [0, 0.1) is 6.92 Å². The Kier molecular flexibility index (Phi) is 6.03. The number of hydrogen-bond donors (Lipinski definition) is 1. The number of rotatable bonds is 7. The summed E-state index contributed by atoms with van der Waals surface area (Å²) in [5, 5.41) is 7.88. The van der Waals surface area contributed by atoms with E-state index in [0.29, 0.717) is 23.0 Å². The summed E-state index contributed by atoms with van der Waals surface area (Å²) in [6.45, 7) is 1.70. The van der Waals surface area contributed by atoms with Gasteiger partial charge in [0, 0.05) is 36.1 Å². The Morgan fingerprint density at radius 1 is 1.23 bits per heavy atom. The molecule has 1 unspecified atom stereocenters. The molecule has 8 nitrogen and oxygen atoms in total. The Morgan fingerprint density at radius 3 is 2.81 bits per heavy atom. The average molecular weight is 436 g/mol. The molecule has 2 heterocycles. The summed E-state index contributed by atoms with van der Waals surface area (Å²) in [4.78, 5) is 21.9. The zero-order valence-electron chi connectivity index (χ0n) is 17.3. The Morgan fingerprint density at radius 2 is 2.06 bits per heavy atom. The van der Waals surface area contributed by atoms with Crippen LogP contribution in [0.15, 0.2) is 70.6 Å². The number of thioether (sulfide) groups is 1. The topological polar surface area (TPSA) is 95.1 Å². The van der Waals surface area contributed by atoms with Gasteiger partial charge in [0.1, 0.15) is 11.8 Å². The smallest absolute Gasteiger partial charge is 0.252 e. The molecule has 0 spiro atoms. The second kappa shape index (κ2) is 9.05. The minimum Gasteiger partial charge on any atom is -0.496 e. The first-order valence-electron chi connectivity index (χ1n) is 9.52. The number of para-hydroxylation sites is 1. The van der Waals surface area contributed by atoms with Crippen molar-refractivity contribution in [2.45, 2.75) is 18.1 Å². The standard InChI is InChI=1S/C22H21N5O3S/c1-14-24-20(26-30-14)19(17-9-4-5-10-18(17)29-2)25-21(28)15-7-6-8-16(13-15)27-12-11-23-22(27)31-3/h4-13,19H,1-3H3,(H,25,28). The molecule has 0 saturated carbocycles. The predicted molar refractivity (Wildman–Crippen MR) is 117 cm³/mol. The van der Waals surface area contributed by atoms with E-state index in [2.05, 4.69) is 20.4 Å². The summed E-state index contributed by atoms with van der Waals surface area (Å²) in [5.41, 5.74) is 2.08. The van der Waals surface area contributed by atoms with Crippen molar-refractivity contribution in [2.24, 2.45) is 0 Å². The minimum absolute atomic E-state index is 0.272. The highest BCUT2D eigenvalue weighted by Crippen LogP contribution is 2.29. The lowest BCUT2D eigenvalue weighted by molar-refractivity contribution is 0.0940. The van der Waals surface area contributed by atoms with Crippen LogP contribution in [0.3, 0.4) is 0 Å². The van der Waals surface area contributed by atoms with Gasteiger partial charge in [-0.2, -0.15) is 4.98 Å². The zero-order chi connectivity index (χ0) is 21.8. The molecule has 9 heteroatoms. The van der Waals surface area contributed by atoms with Crippen LogP contribution in [0.1, 0.15) is 33.7 Å². The molecule has 31 heavy (non-hydrogen) atoms. The molecule has 2 aromatic heterocycles. The number of amides is 1. The van der Waals surface area contributed by atoms with E-state index in [0.717, 1.165) is 16.4 Å². The maximum absolute atomic E-state index is 13.2. The SMILES string of the molecule is COc1ccccc1C(NC(=O)c1cccc(-n2ccnc2SC)c1)c1noc(C)n1. The number of imidazole rings is 1. The molecule has 1 amide bonds. The van der Waals surface area contributed by atoms with E-state index in [-0.39, 0.29) is 5.91 Å². The van der Waals surface area contributed by atoms with Crippen LogP contribution in [0.2, 0.25) is 0 Å². The molecular formula is C22H21N5O3S. The number of carbonyl (C=O) groups excluding carboxylic acids is 1. The van der Waals surface area contributed by atoms with Gasteiger partial charge in [-0.3, -0.25) is 9.36 Å². The predicted octanol–water partition coefficient (Wildman–Crippen LogP) is 3.81. The summed E-state index contributed by atoms with van der Waals surface area (Å²) in [5.74, 6) is 1.11. The van der Waals surface area contributed by atoms with Gasteiger partial charge in [0.05, 0.1) is 7.11 Å². The van der Waals surface area contributed by atoms with E-state index in [1.54, 1.807) is 26.3 Å². The molecular weight excluding hydrogens is 414 g/mol. The van der Waals surface area contributed by atoms with Crippen LogP contribution in [0.4, 0.5) is 0 Å². The summed E-state index contributed by atoms with van der Waals surface area (Å²) < 4.78 is 12.6. The van der Waals surface area contributed by atoms with Gasteiger partial charge in [-0.15, -0.1) is 0 Å². The van der Waals surface area contributed by atoms with Gasteiger partial charge in [-0.1, -0.05) is 41.2 Å². The monoisotopic (exact) mass is 435 g/mol. The molecule has 4 rings (SSSR count). The lowest BCUT2D eigenvalue weighted by atomic mass is 10.0. The van der Waals surface area contributed by atoms with Crippen molar-refractivity contribution in [3.8, 4) is 11.4 Å². The van der Waals surface area contributed by atoms with Crippen molar-refractivity contribution in [3.05, 3.63) is 83.8 Å². The van der Waals surface area contributed by atoms with Crippen molar-refractivity contribution in [1.82, 2.24) is 25.0 Å². The number of benzene rings is 2. The fraction of sp³-hybridized carbons (Fsp3) is 0.182. The summed E-state index contributed by atoms with van der Waals surface area (Å²) in [6, 6.07) is 14.1. The molecule has 0 bridgehead atoms. The summed E-state index contributed by atoms with van der Waals surface area (Å²) in [7, 11) is 1.58. The van der Waals surface area contributed by atoms with E-state index in [4.69, 9.17) is 9.26 Å². The second-order valence-electron chi connectivity index (χ2n) is 6.65. The zero-order valence-corrected chi connectivity index (χ0v) is 18.1. The third-order valence-corrected chi connectivity index (χ3v) is 5.37. The first-order valence-corrected chi connectivity index (χ1v) is 10.7. The molecule has 0 fully saturated rings. The van der Waals surface area contributed by atoms with E-state index < -0.39 is 6.04 Å². The normalized spacial score (nSPS) is 11.8. The molecule has 2 aromatic carbocycles. The van der Waals surface area contributed by atoms with Gasteiger partial charge in [0.2, 0.25) is 5.89 Å². The lowest BCUT2D eigenvalue weighted by Gasteiger charge is -2.19. The van der Waals surface area contributed by atoms with Gasteiger partial charge in [-0.05, 0) is 30.5 Å². The maximum Gasteiger partial charge on any atom is 0.252 e. The highest BCUT2D eigenvalue weighted by Gasteiger charge is 2.25. The van der Waals surface area contributed by atoms with Crippen LogP contribution in [-0.4, -0.2) is 39.0 Å². The van der Waals surface area contributed by atoms with Gasteiger partial charge in [0.25, 0.3) is 5.91 Å². The number of ether oxygens (including phenoxy) is 1. The Bertz CT molecular complexity index is 1200. The molecule has 1 atom stereocenters. The summed E-state index contributed by atoms with van der Waals surface area (Å²) in [6.07, 6.45) is 5.55. The molecule has 0 saturated heterocycles. The van der Waals surface area contributed by atoms with Crippen molar-refractivity contribution < 1.29 is 14.1 Å². The van der Waals surface area contributed by atoms with Crippen LogP contribution < -0.4 is 10.1 Å². The molecule has 0 aliphatic heterocycles. The van der Waals surface area contributed by atoms with Gasteiger partial charge < -0.3 is 14.6 Å². The van der Waals surface area contributed by atoms with Crippen molar-refractivity contribution >= 4 is 17.7 Å². The van der Waals surface area contributed by atoms with Gasteiger partial charge in [0.15, 0.2) is 11.0 Å². The van der Waals surface area contributed by atoms with Gasteiger partial charge in [-0.25, -0.2) is 4.98 Å². The third kappa shape index (κ3) is 4.31. The lowest BCUT2D eigenvalue weighted by Crippen LogP contribution is -2.30. The Hall–Kier alpha value is -3.59. The largest absolute Gasteiger partial charge is 0.496 e. The minimum atomic E-state index is -0.639. The van der Waals surface area contributed by atoms with E-state index in [1.165, 1.54) is 11.8 Å². The fourth-order valence-corrected chi connectivity index (χ4v) is 3.80. The number of aryl methyl sites for hydroxylation is 1. The second-order valence-corrected chi connectivity index (χ2v) is 7.43. The highest BCUT2D eigenvalue weighted by atomic mass is 32.2. The third-order valence-electron chi connectivity index (χ3n) is 4.70. The van der Waals surface area contributed by atoms with Crippen molar-refractivity contribution in [3.63, 3.8) is 0 Å². The number of nitrogens with one attached hydrogen (secondary N) is 1. The van der Waals surface area contributed by atoms with Crippen molar-refractivity contribution in [2.75, 3.05) is 13.4 Å². The van der Waals surface area contributed by atoms with Crippen molar-refractivity contribution in [1.29, 1.82) is 0 Å². The fourth-order valence-electron chi connectivity index (χ4n) is 3.27. The van der Waals surface area contributed by atoms with Crippen LogP contribution in [-0.2, 0) is 0 Å². The average Bonchev–Trinajstić information content (AvgIpc) is 3.46. The number of nitrogens with zero attached hydrogens (tertiary/aromatic N) is 4. The molecule has 0 aliphatic carbocycles. The Balaban J connectivity index is 1.68. The number of methoxy groups -OCH3 is 1. The van der Waals surface area contributed by atoms with Gasteiger partial charge >= 0.3 is 0 Å². The quantitative estimate of drug-likeness (QED) is 0.441. The number of hydrogen-bond acceptors (Lipinski definition) is 7. The molecule has 1 N–H and O–H groups in total. The van der Waals surface area contributed by atoms with Crippen LogP contribution in [0.5, 0.6) is 5.75 Å². The first kappa shape index (κ1) is 20.7. The summed E-state index contributed by atoms with van der Waals surface area (Å²) >= 11 is 1.53. The molecule has 4 aromatic rings. The number of aromatic nitrogens is 4. The first-order chi connectivity index (χ1) is 15.1. The molecule has 158 valence electrons.